The smallest absolute Gasteiger partial charge is 0.390 e. The van der Waals surface area contributed by atoms with Gasteiger partial charge in [0, 0.05) is 0 Å². The molecular formula is C5H4N6O3. The molecule has 0 aromatic carbocycles. The lowest BCUT2D eigenvalue weighted by Crippen LogP contribution is -2.10. The zero-order chi connectivity index (χ0) is 10.3. The number of nitrogens with two attached hydrogens (primary N) is 1. The van der Waals surface area contributed by atoms with Gasteiger partial charge in [0.15, 0.2) is 0 Å². The fourth-order valence-electron chi connectivity index (χ4n) is 0.998. The summed E-state index contributed by atoms with van der Waals surface area (Å²) in [7, 11) is 0. The molecule has 14 heavy (non-hydrogen) atoms. The highest BCUT2D eigenvalue weighted by Crippen LogP contribution is 2.09. The van der Waals surface area contributed by atoms with Gasteiger partial charge in [-0.05, 0) is 9.91 Å². The fourth-order valence-corrected chi connectivity index (χ4v) is 0.998. The molecule has 72 valence electrons. The number of imidazole rings is 1. The Morgan fingerprint density at radius 3 is 2.71 bits per heavy atom. The molecule has 0 saturated heterocycles. The number of aromatic nitrogens is 4. The number of nitrogen functional groups attached to an aromatic ring is 1. The van der Waals surface area contributed by atoms with Crippen LogP contribution in [0, 0.1) is 10.1 Å². The van der Waals surface area contributed by atoms with Crippen LogP contribution in [-0.4, -0.2) is 24.9 Å². The zero-order valence-electron chi connectivity index (χ0n) is 6.64. The van der Waals surface area contributed by atoms with E-state index in [0.717, 1.165) is 0 Å². The normalized spacial score (nSPS) is 10.6. The van der Waals surface area contributed by atoms with Gasteiger partial charge < -0.3 is 15.8 Å². The van der Waals surface area contributed by atoms with Crippen molar-refractivity contribution in [2.75, 3.05) is 5.73 Å². The van der Waals surface area contributed by atoms with Crippen LogP contribution in [-0.2, 0) is 0 Å². The molecular weight excluding hydrogens is 195 g/mol. The van der Waals surface area contributed by atoms with Crippen molar-refractivity contribution >= 4 is 23.1 Å². The molecule has 2 rings (SSSR count). The van der Waals surface area contributed by atoms with Crippen molar-refractivity contribution in [2.24, 2.45) is 0 Å². The molecule has 2 aromatic heterocycles. The Balaban J connectivity index is 2.83. The Labute approximate surface area is 75.1 Å². The molecule has 2 aromatic rings. The molecule has 0 unspecified atom stereocenters. The lowest BCUT2D eigenvalue weighted by atomic mass is 10.7. The van der Waals surface area contributed by atoms with Crippen molar-refractivity contribution in [1.29, 1.82) is 0 Å². The predicted octanol–water partition coefficient (Wildman–Crippen LogP) is -0.863. The molecule has 9 nitrogen and oxygen atoms in total. The third-order valence-electron chi connectivity index (χ3n) is 1.54. The van der Waals surface area contributed by atoms with E-state index in [1.54, 1.807) is 0 Å². The van der Waals surface area contributed by atoms with Crippen molar-refractivity contribution in [3.05, 3.63) is 20.5 Å². The van der Waals surface area contributed by atoms with E-state index in [9.17, 15) is 14.9 Å². The lowest BCUT2D eigenvalue weighted by molar-refractivity contribution is -0.393. The van der Waals surface area contributed by atoms with E-state index < -0.39 is 16.4 Å². The highest BCUT2D eigenvalue weighted by molar-refractivity contribution is 5.71. The zero-order valence-corrected chi connectivity index (χ0v) is 6.64. The van der Waals surface area contributed by atoms with Crippen molar-refractivity contribution < 1.29 is 4.92 Å². The monoisotopic (exact) mass is 199 g/mol. The molecule has 0 spiro atoms. The van der Waals surface area contributed by atoms with Crippen LogP contribution in [0.5, 0.6) is 0 Å². The number of hydrogen-bond acceptors (Lipinski definition) is 6. The molecule has 0 aliphatic carbocycles. The maximum absolute atomic E-state index is 11.2. The predicted molar refractivity (Wildman–Crippen MR) is 45.6 cm³/mol. The summed E-state index contributed by atoms with van der Waals surface area (Å²) in [6.45, 7) is 0. The number of nitro groups is 1. The van der Waals surface area contributed by atoms with Gasteiger partial charge in [-0.1, -0.05) is 0 Å². The first kappa shape index (κ1) is 8.16. The van der Waals surface area contributed by atoms with Crippen LogP contribution in [0.2, 0.25) is 0 Å². The van der Waals surface area contributed by atoms with Crippen molar-refractivity contribution in [2.45, 2.75) is 0 Å². The summed E-state index contributed by atoms with van der Waals surface area (Å²) in [6, 6.07) is 0. The van der Waals surface area contributed by atoms with E-state index in [1.807, 2.05) is 0 Å². The molecule has 2 heterocycles. The van der Waals surface area contributed by atoms with Crippen LogP contribution in [0.4, 0.5) is 11.9 Å². The van der Waals surface area contributed by atoms with Crippen molar-refractivity contribution in [1.82, 2.24) is 19.9 Å². The second-order valence-corrected chi connectivity index (χ2v) is 2.47. The van der Waals surface area contributed by atoms with Gasteiger partial charge in [-0.25, -0.2) is 4.98 Å². The van der Waals surface area contributed by atoms with E-state index in [4.69, 9.17) is 5.73 Å². The minimum absolute atomic E-state index is 0.0640. The second-order valence-electron chi connectivity index (χ2n) is 2.47. The molecule has 0 radical (unpaired) electrons. The summed E-state index contributed by atoms with van der Waals surface area (Å²) < 4.78 is 0. The van der Waals surface area contributed by atoms with E-state index in [0.29, 0.717) is 0 Å². The van der Waals surface area contributed by atoms with E-state index in [1.165, 1.54) is 0 Å². The van der Waals surface area contributed by atoms with Gasteiger partial charge in [0.25, 0.3) is 11.2 Å². The molecule has 0 saturated carbocycles. The van der Waals surface area contributed by atoms with Gasteiger partial charge in [0.2, 0.25) is 11.5 Å². The number of aromatic amines is 2. The molecule has 4 N–H and O–H groups in total. The number of nitrogens with one attached hydrogen (secondary N) is 2. The topological polar surface area (TPSA) is 144 Å². The van der Waals surface area contributed by atoms with Crippen molar-refractivity contribution in [3.8, 4) is 0 Å². The van der Waals surface area contributed by atoms with Crippen molar-refractivity contribution in [3.63, 3.8) is 0 Å². The fraction of sp³-hybridized carbons (Fsp3) is 0. The Morgan fingerprint density at radius 1 is 1.36 bits per heavy atom. The van der Waals surface area contributed by atoms with Crippen LogP contribution < -0.4 is 11.3 Å². The average Bonchev–Trinajstić information content (AvgIpc) is 2.47. The number of rotatable bonds is 1. The van der Waals surface area contributed by atoms with Gasteiger partial charge in [0.05, 0.1) is 0 Å². The Bertz CT molecular complexity index is 568. The van der Waals surface area contributed by atoms with Crippen LogP contribution in [0.3, 0.4) is 0 Å². The molecule has 0 bridgehead atoms. The molecule has 0 amide bonds. The first-order chi connectivity index (χ1) is 6.58. The Morgan fingerprint density at radius 2 is 2.07 bits per heavy atom. The third kappa shape index (κ3) is 1.07. The molecule has 9 heteroatoms. The highest BCUT2D eigenvalue weighted by atomic mass is 16.7. The molecule has 0 atom stereocenters. The van der Waals surface area contributed by atoms with E-state index in [-0.39, 0.29) is 17.1 Å². The standard InChI is InChI=1S/C5H4N6O3/c6-4-8-2-1(3(12)10-4)7-5(9-2)11(13)14/h(H4,6,7,8,9,10,12)/i2+1,5+1,7+1. The van der Waals surface area contributed by atoms with Gasteiger partial charge in [0.1, 0.15) is 0 Å². The largest absolute Gasteiger partial charge is 0.435 e. The average molecular weight is 199 g/mol. The van der Waals surface area contributed by atoms with Gasteiger partial charge >= 0.3 is 5.95 Å². The number of anilines is 1. The summed E-state index contributed by atoms with van der Waals surface area (Å²) >= 11 is 0. The summed E-state index contributed by atoms with van der Waals surface area (Å²) in [5, 5.41) is 10.3. The number of fused-ring (bicyclic) bond motifs is 1. The highest BCUT2D eigenvalue weighted by Gasteiger charge is 2.17. The number of hydrogen-bond donors (Lipinski definition) is 3. The molecule has 0 aliphatic rings. The summed E-state index contributed by atoms with van der Waals surface area (Å²) in [4.78, 5) is 32.2. The maximum atomic E-state index is 11.2. The summed E-state index contributed by atoms with van der Waals surface area (Å²) in [5.74, 6) is -0.674. The quantitative estimate of drug-likeness (QED) is 0.402. The van der Waals surface area contributed by atoms with Crippen LogP contribution in [0.1, 0.15) is 0 Å². The third-order valence-corrected chi connectivity index (χ3v) is 1.54. The van der Waals surface area contributed by atoms with Crippen LogP contribution in [0.15, 0.2) is 4.79 Å². The Kier molecular flexibility index (Phi) is 1.47. The summed E-state index contributed by atoms with van der Waals surface area (Å²) in [6.07, 6.45) is 0. The Hall–Kier alpha value is -2.45. The number of H-pyrrole nitrogens is 2. The maximum Gasteiger partial charge on any atom is 0.435 e. The van der Waals surface area contributed by atoms with Gasteiger partial charge in [-0.3, -0.25) is 9.78 Å². The minimum Gasteiger partial charge on any atom is -0.390 e. The summed E-state index contributed by atoms with van der Waals surface area (Å²) in [5.41, 5.74) is 4.49. The molecule has 0 aliphatic heterocycles. The van der Waals surface area contributed by atoms with Crippen LogP contribution in [0.25, 0.3) is 11.2 Å². The van der Waals surface area contributed by atoms with E-state index in [2.05, 4.69) is 19.9 Å². The second kappa shape index (κ2) is 2.52. The first-order valence-electron chi connectivity index (χ1n) is 3.48. The minimum atomic E-state index is -0.753. The van der Waals surface area contributed by atoms with Gasteiger partial charge in [-0.2, -0.15) is 4.98 Å². The SMILES string of the molecule is Nc1n[13c]2n[13c]([N+](=O)[O-])[15nH]c2c(=O)[nH]1. The van der Waals surface area contributed by atoms with E-state index >= 15 is 0 Å². The lowest BCUT2D eigenvalue weighted by Gasteiger charge is -1.86. The molecule has 0 fully saturated rings. The first-order valence-corrected chi connectivity index (χ1v) is 3.48. The van der Waals surface area contributed by atoms with Gasteiger partial charge in [-0.15, -0.1) is 0 Å². The van der Waals surface area contributed by atoms with Crippen LogP contribution >= 0.6 is 0 Å². The number of nitrogens with zero attached hydrogens (tertiary/aromatic N) is 3.